The zero-order chi connectivity index (χ0) is 18.7. The van der Waals surface area contributed by atoms with Gasteiger partial charge in [0.15, 0.2) is 5.82 Å². The van der Waals surface area contributed by atoms with Crippen LogP contribution in [0.5, 0.6) is 0 Å². The summed E-state index contributed by atoms with van der Waals surface area (Å²) in [6.07, 6.45) is 5.06. The summed E-state index contributed by atoms with van der Waals surface area (Å²) in [7, 11) is 0. The smallest absolute Gasteiger partial charge is 0.248 e. The summed E-state index contributed by atoms with van der Waals surface area (Å²) in [6.45, 7) is 10.8. The van der Waals surface area contributed by atoms with E-state index in [1.807, 2.05) is 24.8 Å². The molecule has 7 nitrogen and oxygen atoms in total. The molecule has 0 saturated carbocycles. The zero-order valence-electron chi connectivity index (χ0n) is 15.5. The molecule has 0 aliphatic carbocycles. The second kappa shape index (κ2) is 7.59. The molecule has 1 N–H and O–H groups in total. The first-order valence-electron chi connectivity index (χ1n) is 8.79. The number of amides is 1. The van der Waals surface area contributed by atoms with Gasteiger partial charge in [-0.25, -0.2) is 15.0 Å². The Morgan fingerprint density at radius 2 is 1.77 bits per heavy atom. The molecule has 1 saturated heterocycles. The number of rotatable bonds is 4. The molecule has 1 fully saturated rings. The minimum atomic E-state index is 0.0320. The number of piperidine rings is 1. The molecule has 26 heavy (non-hydrogen) atoms. The summed E-state index contributed by atoms with van der Waals surface area (Å²) < 4.78 is 0. The van der Waals surface area contributed by atoms with Crippen LogP contribution >= 0.6 is 0 Å². The number of nitrogens with zero attached hydrogens (tertiary/aromatic N) is 5. The van der Waals surface area contributed by atoms with Crippen LogP contribution in [0.1, 0.15) is 42.8 Å². The van der Waals surface area contributed by atoms with Crippen LogP contribution in [-0.4, -0.2) is 43.8 Å². The van der Waals surface area contributed by atoms with Gasteiger partial charge in [0, 0.05) is 48.4 Å². The lowest BCUT2D eigenvalue weighted by molar-refractivity contribution is -0.128. The molecule has 3 rings (SSSR count). The molecule has 2 aromatic heterocycles. The van der Waals surface area contributed by atoms with Gasteiger partial charge in [0.1, 0.15) is 0 Å². The zero-order valence-corrected chi connectivity index (χ0v) is 15.5. The number of anilines is 2. The predicted molar refractivity (Wildman–Crippen MR) is 100 cm³/mol. The molecule has 0 bridgehead atoms. The van der Waals surface area contributed by atoms with Gasteiger partial charge in [0.25, 0.3) is 0 Å². The first kappa shape index (κ1) is 18.0. The lowest BCUT2D eigenvalue weighted by Crippen LogP contribution is -2.38. The maximum atomic E-state index is 12.1. The largest absolute Gasteiger partial charge is 0.339 e. The van der Waals surface area contributed by atoms with Crippen LogP contribution in [0.4, 0.5) is 11.8 Å². The van der Waals surface area contributed by atoms with Crippen LogP contribution in [0.25, 0.3) is 0 Å². The average Bonchev–Trinajstić information content (AvgIpc) is 2.61. The SMILES string of the molecule is C=C(C)C(=O)N1CCC(c2nccnc2Nc2nc(C)cc(C)n2)CC1. The molecular formula is C19H24N6O. The molecule has 7 heteroatoms. The first-order valence-corrected chi connectivity index (χ1v) is 8.79. The van der Waals surface area contributed by atoms with Crippen LogP contribution in [0.15, 0.2) is 30.6 Å². The molecule has 0 spiro atoms. The second-order valence-electron chi connectivity index (χ2n) is 6.74. The Kier molecular flexibility index (Phi) is 5.25. The molecule has 136 valence electrons. The molecule has 3 heterocycles. The van der Waals surface area contributed by atoms with Gasteiger partial charge in [-0.15, -0.1) is 0 Å². The van der Waals surface area contributed by atoms with Gasteiger partial charge in [0.2, 0.25) is 11.9 Å². The number of hydrogen-bond acceptors (Lipinski definition) is 6. The van der Waals surface area contributed by atoms with Gasteiger partial charge in [-0.3, -0.25) is 9.78 Å². The van der Waals surface area contributed by atoms with Crippen LogP contribution in [0, 0.1) is 13.8 Å². The summed E-state index contributed by atoms with van der Waals surface area (Å²) in [5.41, 5.74) is 3.28. The van der Waals surface area contributed by atoms with Gasteiger partial charge in [-0.05, 0) is 39.7 Å². The van der Waals surface area contributed by atoms with Crippen molar-refractivity contribution in [2.75, 3.05) is 18.4 Å². The first-order chi connectivity index (χ1) is 12.4. The van der Waals surface area contributed by atoms with Crippen LogP contribution in [0.2, 0.25) is 0 Å². The Labute approximate surface area is 153 Å². The van der Waals surface area contributed by atoms with Crippen molar-refractivity contribution in [3.05, 3.63) is 47.7 Å². The predicted octanol–water partition coefficient (Wildman–Crippen LogP) is 2.91. The Balaban J connectivity index is 1.76. The lowest BCUT2D eigenvalue weighted by Gasteiger charge is -2.32. The van der Waals surface area contributed by atoms with Crippen LogP contribution in [0.3, 0.4) is 0 Å². The van der Waals surface area contributed by atoms with E-state index in [1.54, 1.807) is 19.3 Å². The molecule has 0 unspecified atom stereocenters. The monoisotopic (exact) mass is 352 g/mol. The number of carbonyl (C=O) groups is 1. The molecule has 1 aliphatic rings. The summed E-state index contributed by atoms with van der Waals surface area (Å²) >= 11 is 0. The standard InChI is InChI=1S/C19H24N6O/c1-12(2)18(26)25-9-5-15(6-10-25)16-17(21-8-7-20-16)24-19-22-13(3)11-14(4)23-19/h7-8,11,15H,1,5-6,9-10H2,2-4H3,(H,21,22,23,24). The van der Waals surface area contributed by atoms with Gasteiger partial charge >= 0.3 is 0 Å². The fourth-order valence-corrected chi connectivity index (χ4v) is 3.26. The molecule has 0 radical (unpaired) electrons. The van der Waals surface area contributed by atoms with E-state index in [9.17, 15) is 4.79 Å². The fraction of sp³-hybridized carbons (Fsp3) is 0.421. The summed E-state index contributed by atoms with van der Waals surface area (Å²) in [5.74, 6) is 1.48. The molecule has 2 aromatic rings. The van der Waals surface area contributed by atoms with Crippen molar-refractivity contribution in [2.24, 2.45) is 0 Å². The topological polar surface area (TPSA) is 83.9 Å². The Morgan fingerprint density at radius 3 is 2.38 bits per heavy atom. The molecule has 1 amide bonds. The van der Waals surface area contributed by atoms with Gasteiger partial charge < -0.3 is 10.2 Å². The summed E-state index contributed by atoms with van der Waals surface area (Å²) in [6, 6.07) is 1.93. The van der Waals surface area contributed by atoms with E-state index < -0.39 is 0 Å². The van der Waals surface area contributed by atoms with Crippen LogP contribution in [-0.2, 0) is 4.79 Å². The van der Waals surface area contributed by atoms with Crippen molar-refractivity contribution in [3.8, 4) is 0 Å². The average molecular weight is 352 g/mol. The van der Waals surface area contributed by atoms with E-state index in [1.165, 1.54) is 0 Å². The lowest BCUT2D eigenvalue weighted by atomic mass is 9.92. The number of nitrogens with one attached hydrogen (secondary N) is 1. The molecule has 0 atom stereocenters. The Bertz CT molecular complexity index is 806. The summed E-state index contributed by atoms with van der Waals surface area (Å²) in [4.78, 5) is 31.8. The van der Waals surface area contributed by atoms with Gasteiger partial charge in [0.05, 0.1) is 5.69 Å². The van der Waals surface area contributed by atoms with E-state index in [0.29, 0.717) is 30.4 Å². The minimum Gasteiger partial charge on any atom is -0.339 e. The molecule has 1 aliphatic heterocycles. The van der Waals surface area contributed by atoms with Gasteiger partial charge in [-0.2, -0.15) is 0 Å². The van der Waals surface area contributed by atoms with E-state index in [0.717, 1.165) is 29.9 Å². The van der Waals surface area contributed by atoms with Gasteiger partial charge in [-0.1, -0.05) is 6.58 Å². The Hall–Kier alpha value is -2.83. The van der Waals surface area contributed by atoms with Crippen molar-refractivity contribution >= 4 is 17.7 Å². The number of carbonyl (C=O) groups excluding carboxylic acids is 1. The highest BCUT2D eigenvalue weighted by molar-refractivity contribution is 5.92. The molecule has 0 aromatic carbocycles. The highest BCUT2D eigenvalue weighted by Crippen LogP contribution is 2.31. The third kappa shape index (κ3) is 4.04. The Morgan fingerprint density at radius 1 is 1.15 bits per heavy atom. The van der Waals surface area contributed by atoms with E-state index in [4.69, 9.17) is 0 Å². The second-order valence-corrected chi connectivity index (χ2v) is 6.74. The van der Waals surface area contributed by atoms with Crippen molar-refractivity contribution in [1.82, 2.24) is 24.8 Å². The highest BCUT2D eigenvalue weighted by atomic mass is 16.2. The quantitative estimate of drug-likeness (QED) is 0.852. The number of likely N-dealkylation sites (tertiary alicyclic amines) is 1. The number of hydrogen-bond donors (Lipinski definition) is 1. The van der Waals surface area contributed by atoms with Crippen molar-refractivity contribution in [1.29, 1.82) is 0 Å². The van der Waals surface area contributed by atoms with E-state index >= 15 is 0 Å². The van der Waals surface area contributed by atoms with Crippen molar-refractivity contribution < 1.29 is 4.79 Å². The number of aryl methyl sites for hydroxylation is 2. The third-order valence-electron chi connectivity index (χ3n) is 4.47. The van der Waals surface area contributed by atoms with Crippen molar-refractivity contribution in [2.45, 2.75) is 39.5 Å². The maximum absolute atomic E-state index is 12.1. The number of aromatic nitrogens is 4. The highest BCUT2D eigenvalue weighted by Gasteiger charge is 2.27. The van der Waals surface area contributed by atoms with Crippen molar-refractivity contribution in [3.63, 3.8) is 0 Å². The summed E-state index contributed by atoms with van der Waals surface area (Å²) in [5, 5.41) is 3.21. The maximum Gasteiger partial charge on any atom is 0.248 e. The molecular weight excluding hydrogens is 328 g/mol. The van der Waals surface area contributed by atoms with Crippen LogP contribution < -0.4 is 5.32 Å². The van der Waals surface area contributed by atoms with E-state index in [2.05, 4.69) is 31.8 Å². The minimum absolute atomic E-state index is 0.0320. The normalized spacial score (nSPS) is 15.0. The fourth-order valence-electron chi connectivity index (χ4n) is 3.26. The van der Waals surface area contributed by atoms with E-state index in [-0.39, 0.29) is 11.8 Å². The third-order valence-corrected chi connectivity index (χ3v) is 4.47.